The van der Waals surface area contributed by atoms with Gasteiger partial charge in [-0.05, 0) is 97.7 Å². The lowest BCUT2D eigenvalue weighted by atomic mass is 9.46. The van der Waals surface area contributed by atoms with E-state index in [0.717, 1.165) is 35.5 Å². The zero-order chi connectivity index (χ0) is 20.1. The van der Waals surface area contributed by atoms with Gasteiger partial charge in [0.2, 0.25) is 0 Å². The maximum absolute atomic E-state index is 4.29. The van der Waals surface area contributed by atoms with Gasteiger partial charge >= 0.3 is 0 Å². The van der Waals surface area contributed by atoms with Crippen molar-refractivity contribution in [2.45, 2.75) is 105 Å². The topological polar surface area (TPSA) is 0 Å². The van der Waals surface area contributed by atoms with Gasteiger partial charge in [-0.3, -0.25) is 0 Å². The second-order valence-corrected chi connectivity index (χ2v) is 12.2. The minimum absolute atomic E-state index is 0.492. The highest BCUT2D eigenvalue weighted by atomic mass is 14.6. The van der Waals surface area contributed by atoms with E-state index in [1.54, 1.807) is 5.57 Å². The SMILES string of the molecule is C=C1C=C2CC[C@H]3[C@@H]4CC[C@H]([C@@H](C)CCCC(C)C)[C@@]4(C)CC[C@@H]3[C@@]2(C)CC1. The van der Waals surface area contributed by atoms with Crippen molar-refractivity contribution in [3.05, 3.63) is 23.8 Å². The zero-order valence-corrected chi connectivity index (χ0v) is 19.5. The fourth-order valence-electron chi connectivity index (χ4n) is 8.67. The van der Waals surface area contributed by atoms with Gasteiger partial charge in [0, 0.05) is 0 Å². The number of fused-ring (bicyclic) bond motifs is 5. The van der Waals surface area contributed by atoms with E-state index < -0.39 is 0 Å². The average molecular weight is 383 g/mol. The summed E-state index contributed by atoms with van der Waals surface area (Å²) in [5.74, 6) is 5.74. The third-order valence-corrected chi connectivity index (χ3v) is 10.3. The predicted octanol–water partition coefficient (Wildman–Crippen LogP) is 8.58. The summed E-state index contributed by atoms with van der Waals surface area (Å²) >= 11 is 0. The van der Waals surface area contributed by atoms with E-state index in [9.17, 15) is 0 Å². The maximum Gasteiger partial charge on any atom is -0.00790 e. The number of allylic oxidation sites excluding steroid dienone is 3. The third kappa shape index (κ3) is 3.35. The molecule has 0 amide bonds. The summed E-state index contributed by atoms with van der Waals surface area (Å²) in [5, 5.41) is 0. The van der Waals surface area contributed by atoms with Gasteiger partial charge in [0.1, 0.15) is 0 Å². The highest BCUT2D eigenvalue weighted by Crippen LogP contribution is 2.67. The highest BCUT2D eigenvalue weighted by molar-refractivity contribution is 5.33. The molecule has 0 nitrogen and oxygen atoms in total. The Hall–Kier alpha value is -0.520. The first kappa shape index (κ1) is 20.7. The molecule has 158 valence electrons. The Morgan fingerprint density at radius 1 is 0.964 bits per heavy atom. The van der Waals surface area contributed by atoms with Crippen molar-refractivity contribution in [3.8, 4) is 0 Å². The molecular weight excluding hydrogens is 336 g/mol. The molecule has 0 radical (unpaired) electrons. The lowest BCUT2D eigenvalue weighted by Gasteiger charge is -2.58. The molecule has 4 aliphatic carbocycles. The Kier molecular flexibility index (Phi) is 5.65. The molecule has 0 heterocycles. The first-order valence-electron chi connectivity index (χ1n) is 12.6. The molecule has 3 saturated carbocycles. The summed E-state index contributed by atoms with van der Waals surface area (Å²) in [6, 6.07) is 0. The van der Waals surface area contributed by atoms with Gasteiger partial charge < -0.3 is 0 Å². The van der Waals surface area contributed by atoms with Crippen molar-refractivity contribution in [3.63, 3.8) is 0 Å². The molecule has 0 aromatic carbocycles. The Morgan fingerprint density at radius 3 is 2.50 bits per heavy atom. The fraction of sp³-hybridized carbons (Fsp3) is 0.857. The fourth-order valence-corrected chi connectivity index (χ4v) is 8.67. The van der Waals surface area contributed by atoms with E-state index in [0.29, 0.717) is 10.8 Å². The van der Waals surface area contributed by atoms with Crippen LogP contribution in [0.15, 0.2) is 23.8 Å². The van der Waals surface area contributed by atoms with Crippen LogP contribution in [0, 0.1) is 46.3 Å². The van der Waals surface area contributed by atoms with Gasteiger partial charge in [0.05, 0.1) is 0 Å². The quantitative estimate of drug-likeness (QED) is 0.446. The van der Waals surface area contributed by atoms with Gasteiger partial charge in [-0.2, -0.15) is 0 Å². The van der Waals surface area contributed by atoms with Gasteiger partial charge in [-0.15, -0.1) is 0 Å². The van der Waals surface area contributed by atoms with Crippen molar-refractivity contribution in [2.24, 2.45) is 46.3 Å². The summed E-state index contributed by atoms with van der Waals surface area (Å²) in [4.78, 5) is 0. The van der Waals surface area contributed by atoms with Gasteiger partial charge in [0.15, 0.2) is 0 Å². The summed E-state index contributed by atoms with van der Waals surface area (Å²) < 4.78 is 0. The number of hydrogen-bond donors (Lipinski definition) is 0. The van der Waals surface area contributed by atoms with E-state index in [2.05, 4.69) is 47.3 Å². The van der Waals surface area contributed by atoms with Crippen LogP contribution in [0.3, 0.4) is 0 Å². The van der Waals surface area contributed by atoms with Gasteiger partial charge in [-0.25, -0.2) is 0 Å². The Balaban J connectivity index is 1.49. The van der Waals surface area contributed by atoms with E-state index in [1.807, 2.05) is 0 Å². The van der Waals surface area contributed by atoms with Crippen molar-refractivity contribution >= 4 is 0 Å². The Morgan fingerprint density at radius 2 is 1.75 bits per heavy atom. The lowest BCUT2D eigenvalue weighted by molar-refractivity contribution is -0.0581. The van der Waals surface area contributed by atoms with Crippen LogP contribution in [0.5, 0.6) is 0 Å². The monoisotopic (exact) mass is 382 g/mol. The second-order valence-electron chi connectivity index (χ2n) is 12.2. The molecule has 7 atom stereocenters. The minimum atomic E-state index is 0.492. The largest absolute Gasteiger partial charge is 0.0958 e. The van der Waals surface area contributed by atoms with Crippen LogP contribution >= 0.6 is 0 Å². The van der Waals surface area contributed by atoms with Crippen LogP contribution < -0.4 is 0 Å². The lowest BCUT2D eigenvalue weighted by Crippen LogP contribution is -2.50. The second kappa shape index (κ2) is 7.63. The molecular formula is C28H46. The van der Waals surface area contributed by atoms with E-state index in [-0.39, 0.29) is 0 Å². The van der Waals surface area contributed by atoms with Crippen molar-refractivity contribution < 1.29 is 0 Å². The zero-order valence-electron chi connectivity index (χ0n) is 19.5. The minimum Gasteiger partial charge on any atom is -0.0958 e. The smallest absolute Gasteiger partial charge is 0.00790 e. The van der Waals surface area contributed by atoms with E-state index in [4.69, 9.17) is 0 Å². The van der Waals surface area contributed by atoms with Crippen molar-refractivity contribution in [1.82, 2.24) is 0 Å². The van der Waals surface area contributed by atoms with Crippen LogP contribution in [0.2, 0.25) is 0 Å². The molecule has 0 heteroatoms. The first-order chi connectivity index (χ1) is 13.3. The Bertz CT molecular complexity index is 624. The predicted molar refractivity (Wildman–Crippen MR) is 122 cm³/mol. The number of hydrogen-bond acceptors (Lipinski definition) is 0. The molecule has 4 rings (SSSR count). The summed E-state index contributed by atoms with van der Waals surface area (Å²) in [6.07, 6.45) is 18.3. The van der Waals surface area contributed by atoms with Crippen LogP contribution in [-0.2, 0) is 0 Å². The molecule has 0 aliphatic heterocycles. The summed E-state index contributed by atoms with van der Waals surface area (Å²) in [6.45, 7) is 17.0. The van der Waals surface area contributed by atoms with E-state index >= 15 is 0 Å². The number of rotatable bonds is 5. The van der Waals surface area contributed by atoms with Crippen LogP contribution in [0.25, 0.3) is 0 Å². The normalized spacial score (nSPS) is 43.9. The molecule has 0 saturated heterocycles. The van der Waals surface area contributed by atoms with Crippen LogP contribution in [0.4, 0.5) is 0 Å². The van der Waals surface area contributed by atoms with Crippen LogP contribution in [0.1, 0.15) is 105 Å². The summed E-state index contributed by atoms with van der Waals surface area (Å²) in [7, 11) is 0. The third-order valence-electron chi connectivity index (χ3n) is 10.3. The first-order valence-corrected chi connectivity index (χ1v) is 12.6. The molecule has 3 fully saturated rings. The molecule has 4 aliphatic rings. The van der Waals surface area contributed by atoms with Crippen LogP contribution in [-0.4, -0.2) is 0 Å². The summed E-state index contributed by atoms with van der Waals surface area (Å²) in [5.41, 5.74) is 4.29. The average Bonchev–Trinajstić information content (AvgIpc) is 2.99. The van der Waals surface area contributed by atoms with E-state index in [1.165, 1.54) is 76.2 Å². The van der Waals surface area contributed by atoms with Gasteiger partial charge in [0.25, 0.3) is 0 Å². The maximum atomic E-state index is 4.29. The molecule has 28 heavy (non-hydrogen) atoms. The molecule has 0 aromatic rings. The highest BCUT2D eigenvalue weighted by Gasteiger charge is 2.59. The molecule has 0 aromatic heterocycles. The van der Waals surface area contributed by atoms with Crippen molar-refractivity contribution in [1.29, 1.82) is 0 Å². The van der Waals surface area contributed by atoms with Crippen molar-refractivity contribution in [2.75, 3.05) is 0 Å². The molecule has 0 bridgehead atoms. The Labute approximate surface area is 175 Å². The molecule has 0 N–H and O–H groups in total. The molecule has 0 spiro atoms. The standard InChI is InChI=1S/C28H46/c1-19(2)8-7-9-21(4)24-12-13-25-23-11-10-22-18-20(3)14-16-27(22,5)26(23)15-17-28(24,25)6/h18-19,21,23-26H,3,7-17H2,1-2,4-6H3/t21-,23-,24+,25-,26-,27-,28+/m0/s1. The molecule has 0 unspecified atom stereocenters. The van der Waals surface area contributed by atoms with Gasteiger partial charge in [-0.1, -0.05) is 77.7 Å².